The predicted molar refractivity (Wildman–Crippen MR) is 95.4 cm³/mol. The fraction of sp³-hybridized carbons (Fsp3) is 0.211. The van der Waals surface area contributed by atoms with Crippen molar-refractivity contribution < 1.29 is 35.5 Å². The number of nitrogens with zero attached hydrogens (tertiary/aromatic N) is 2. The topological polar surface area (TPSA) is 70.5 Å². The van der Waals surface area contributed by atoms with E-state index in [1.807, 2.05) is 0 Å². The average Bonchev–Trinajstić information content (AvgIpc) is 3.55. The van der Waals surface area contributed by atoms with Crippen molar-refractivity contribution >= 4 is 20.9 Å². The maximum absolute atomic E-state index is 14.2. The summed E-state index contributed by atoms with van der Waals surface area (Å²) in [6.07, 6.45) is 2.14. The first-order valence-electron chi connectivity index (χ1n) is 8.73. The predicted octanol–water partition coefficient (Wildman–Crippen LogP) is 3.99. The Bertz CT molecular complexity index is 1250. The molecular weight excluding hydrogens is 431 g/mol. The number of phenolic OH excluding ortho intramolecular Hbond substituents is 1. The maximum atomic E-state index is 14.2. The van der Waals surface area contributed by atoms with Gasteiger partial charge in [-0.15, -0.1) is 0 Å². The summed E-state index contributed by atoms with van der Waals surface area (Å²) < 4.78 is 95.7. The molecule has 1 fully saturated rings. The van der Waals surface area contributed by atoms with Gasteiger partial charge in [0.15, 0.2) is 28.2 Å². The van der Waals surface area contributed by atoms with Gasteiger partial charge in [-0.2, -0.15) is 4.31 Å². The molecule has 1 aromatic heterocycles. The van der Waals surface area contributed by atoms with E-state index in [-0.39, 0.29) is 11.3 Å². The Hall–Kier alpha value is -2.79. The van der Waals surface area contributed by atoms with Crippen LogP contribution in [0.2, 0.25) is 0 Å². The lowest BCUT2D eigenvalue weighted by atomic mass is 10.1. The standard InChI is InChI=1S/C19H13F5N2O3S/c20-13-14(21)16(23)19(17(24)15(13)22)30(28,29)26(10-4-5-10)8-9-3-6-12(27)18-11(9)2-1-7-25-18/h1-3,6-7,10,27H,4-5,8H2. The summed E-state index contributed by atoms with van der Waals surface area (Å²) in [5, 5.41) is 10.3. The van der Waals surface area contributed by atoms with Gasteiger partial charge in [-0.3, -0.25) is 4.98 Å². The molecule has 1 N–H and O–H groups in total. The van der Waals surface area contributed by atoms with E-state index in [1.165, 1.54) is 18.3 Å². The number of aromatic hydroxyl groups is 1. The van der Waals surface area contributed by atoms with Crippen LogP contribution in [0, 0.1) is 29.1 Å². The van der Waals surface area contributed by atoms with Crippen molar-refractivity contribution in [2.75, 3.05) is 0 Å². The van der Waals surface area contributed by atoms with E-state index in [2.05, 4.69) is 4.98 Å². The molecule has 0 amide bonds. The number of fused-ring (bicyclic) bond motifs is 1. The van der Waals surface area contributed by atoms with E-state index >= 15 is 0 Å². The van der Waals surface area contributed by atoms with Crippen LogP contribution < -0.4 is 0 Å². The number of benzene rings is 2. The van der Waals surface area contributed by atoms with Gasteiger partial charge >= 0.3 is 0 Å². The zero-order valence-corrected chi connectivity index (χ0v) is 15.9. The van der Waals surface area contributed by atoms with Gasteiger partial charge in [0, 0.05) is 24.2 Å². The highest BCUT2D eigenvalue weighted by Crippen LogP contribution is 2.38. The number of halogens is 5. The van der Waals surface area contributed by atoms with Crippen molar-refractivity contribution in [3.8, 4) is 5.75 Å². The normalized spacial score (nSPS) is 14.6. The maximum Gasteiger partial charge on any atom is 0.249 e. The van der Waals surface area contributed by atoms with Crippen LogP contribution in [0.1, 0.15) is 18.4 Å². The summed E-state index contributed by atoms with van der Waals surface area (Å²) in [6, 6.07) is 5.13. The number of pyridine rings is 1. The molecule has 1 aliphatic rings. The van der Waals surface area contributed by atoms with Gasteiger partial charge in [0.25, 0.3) is 0 Å². The molecule has 1 saturated carbocycles. The van der Waals surface area contributed by atoms with Gasteiger partial charge in [0.1, 0.15) is 11.3 Å². The monoisotopic (exact) mass is 444 g/mol. The van der Waals surface area contributed by atoms with Crippen LogP contribution in [0.5, 0.6) is 5.75 Å². The molecule has 1 heterocycles. The van der Waals surface area contributed by atoms with Gasteiger partial charge in [0.05, 0.1) is 0 Å². The number of hydrogen-bond donors (Lipinski definition) is 1. The summed E-state index contributed by atoms with van der Waals surface area (Å²) in [5.74, 6) is -12.1. The Morgan fingerprint density at radius 2 is 1.57 bits per heavy atom. The average molecular weight is 444 g/mol. The van der Waals surface area contributed by atoms with Crippen molar-refractivity contribution in [2.24, 2.45) is 0 Å². The zero-order chi connectivity index (χ0) is 21.8. The second-order valence-corrected chi connectivity index (χ2v) is 8.65. The largest absolute Gasteiger partial charge is 0.506 e. The number of phenols is 1. The summed E-state index contributed by atoms with van der Waals surface area (Å²) in [6.45, 7) is -0.408. The van der Waals surface area contributed by atoms with Crippen LogP contribution in [-0.4, -0.2) is 28.9 Å². The molecule has 0 bridgehead atoms. The molecule has 0 saturated heterocycles. The van der Waals surface area contributed by atoms with Gasteiger partial charge in [0.2, 0.25) is 15.8 Å². The van der Waals surface area contributed by atoms with Gasteiger partial charge in [-0.1, -0.05) is 12.1 Å². The molecule has 0 unspecified atom stereocenters. The lowest BCUT2D eigenvalue weighted by Crippen LogP contribution is -2.34. The summed E-state index contributed by atoms with van der Waals surface area (Å²) in [5.41, 5.74) is 0.523. The van der Waals surface area contributed by atoms with E-state index < -0.39 is 56.6 Å². The highest BCUT2D eigenvalue weighted by Gasteiger charge is 2.43. The van der Waals surface area contributed by atoms with Crippen LogP contribution in [0.25, 0.3) is 10.9 Å². The van der Waals surface area contributed by atoms with Gasteiger partial charge < -0.3 is 5.11 Å². The number of sulfonamides is 1. The third-order valence-electron chi connectivity index (χ3n) is 4.86. The number of rotatable bonds is 5. The molecule has 3 aromatic rings. The van der Waals surface area contributed by atoms with Crippen LogP contribution in [0.4, 0.5) is 22.0 Å². The Kier molecular flexibility index (Phi) is 4.89. The first-order chi connectivity index (χ1) is 14.1. The molecule has 0 radical (unpaired) electrons. The minimum Gasteiger partial charge on any atom is -0.506 e. The number of aromatic nitrogens is 1. The molecule has 5 nitrogen and oxygen atoms in total. The molecule has 30 heavy (non-hydrogen) atoms. The zero-order valence-electron chi connectivity index (χ0n) is 15.0. The van der Waals surface area contributed by atoms with E-state index in [1.54, 1.807) is 12.1 Å². The molecular formula is C19H13F5N2O3S. The van der Waals surface area contributed by atoms with Crippen molar-refractivity contribution in [1.82, 2.24) is 9.29 Å². The van der Waals surface area contributed by atoms with Crippen LogP contribution in [0.3, 0.4) is 0 Å². The first kappa shape index (κ1) is 20.5. The molecule has 0 spiro atoms. The van der Waals surface area contributed by atoms with Crippen molar-refractivity contribution in [2.45, 2.75) is 30.3 Å². The van der Waals surface area contributed by atoms with Crippen LogP contribution in [0.15, 0.2) is 35.4 Å². The van der Waals surface area contributed by atoms with Crippen molar-refractivity contribution in [3.63, 3.8) is 0 Å². The molecule has 1 aliphatic carbocycles. The fourth-order valence-corrected chi connectivity index (χ4v) is 5.00. The van der Waals surface area contributed by atoms with Crippen molar-refractivity contribution in [3.05, 3.63) is 65.1 Å². The summed E-state index contributed by atoms with van der Waals surface area (Å²) >= 11 is 0. The highest BCUT2D eigenvalue weighted by atomic mass is 32.2. The van der Waals surface area contributed by atoms with Gasteiger partial charge in [-0.25, -0.2) is 30.4 Å². The lowest BCUT2D eigenvalue weighted by molar-refractivity contribution is 0.346. The van der Waals surface area contributed by atoms with Gasteiger partial charge in [-0.05, 0) is 30.5 Å². The summed E-state index contributed by atoms with van der Waals surface area (Å²) in [7, 11) is -5.08. The lowest BCUT2D eigenvalue weighted by Gasteiger charge is -2.23. The van der Waals surface area contributed by atoms with E-state index in [0.717, 1.165) is 0 Å². The minimum absolute atomic E-state index is 0.157. The van der Waals surface area contributed by atoms with E-state index in [0.29, 0.717) is 28.1 Å². The third kappa shape index (κ3) is 3.18. The van der Waals surface area contributed by atoms with Crippen LogP contribution in [-0.2, 0) is 16.6 Å². The van der Waals surface area contributed by atoms with Crippen molar-refractivity contribution in [1.29, 1.82) is 0 Å². The Morgan fingerprint density at radius 3 is 2.17 bits per heavy atom. The molecule has 11 heteroatoms. The Morgan fingerprint density at radius 1 is 0.967 bits per heavy atom. The fourth-order valence-electron chi connectivity index (χ4n) is 3.22. The van der Waals surface area contributed by atoms with Crippen LogP contribution >= 0.6 is 0 Å². The first-order valence-corrected chi connectivity index (χ1v) is 10.2. The minimum atomic E-state index is -5.08. The summed E-state index contributed by atoms with van der Waals surface area (Å²) in [4.78, 5) is 2.13. The van der Waals surface area contributed by atoms with E-state index in [9.17, 15) is 35.5 Å². The third-order valence-corrected chi connectivity index (χ3v) is 6.77. The highest BCUT2D eigenvalue weighted by molar-refractivity contribution is 7.89. The molecule has 158 valence electrons. The smallest absolute Gasteiger partial charge is 0.249 e. The number of hydrogen-bond acceptors (Lipinski definition) is 4. The molecule has 0 atom stereocenters. The SMILES string of the molecule is O=S(=O)(c1c(F)c(F)c(F)c(F)c1F)N(Cc1ccc(O)c2ncccc12)C1CC1. The molecule has 0 aliphatic heterocycles. The molecule has 4 rings (SSSR count). The quantitative estimate of drug-likeness (QED) is 0.367. The second kappa shape index (κ2) is 7.17. The molecule has 2 aromatic carbocycles. The van der Waals surface area contributed by atoms with E-state index in [4.69, 9.17) is 0 Å². The Balaban J connectivity index is 1.85. The second-order valence-electron chi connectivity index (χ2n) is 6.82. The Labute approximate surface area is 167 Å².